The highest BCUT2D eigenvalue weighted by Crippen LogP contribution is 2.19. The molecule has 1 heterocycles. The predicted molar refractivity (Wildman–Crippen MR) is 96.0 cm³/mol. The van der Waals surface area contributed by atoms with Gasteiger partial charge in [0.1, 0.15) is 18.1 Å². The van der Waals surface area contributed by atoms with Crippen LogP contribution in [0.2, 0.25) is 0 Å². The van der Waals surface area contributed by atoms with Gasteiger partial charge in [-0.3, -0.25) is 4.79 Å². The van der Waals surface area contributed by atoms with Crippen LogP contribution in [-0.2, 0) is 13.0 Å². The predicted octanol–water partition coefficient (Wildman–Crippen LogP) is 4.60. The van der Waals surface area contributed by atoms with Crippen LogP contribution in [0.25, 0.3) is 0 Å². The smallest absolute Gasteiger partial charge is 0.167 e. The molecule has 0 bridgehead atoms. The van der Waals surface area contributed by atoms with E-state index in [2.05, 4.69) is 5.16 Å². The maximum atomic E-state index is 12.5. The molecule has 4 nitrogen and oxygen atoms in total. The SMILES string of the molecule is Cc1ccccc1CC(=O)c1ccc(OCc2c(C)noc2C)cc1. The number of carbonyl (C=O) groups is 1. The van der Waals surface area contributed by atoms with Crippen molar-refractivity contribution in [1.29, 1.82) is 0 Å². The normalized spacial score (nSPS) is 10.7. The first kappa shape index (κ1) is 17.0. The molecule has 128 valence electrons. The number of Topliss-reactive ketones (excluding diaryl/α,β-unsaturated/α-hetero) is 1. The molecular formula is C21H21NO3. The van der Waals surface area contributed by atoms with E-state index < -0.39 is 0 Å². The van der Waals surface area contributed by atoms with Gasteiger partial charge >= 0.3 is 0 Å². The van der Waals surface area contributed by atoms with Crippen LogP contribution in [0.4, 0.5) is 0 Å². The topological polar surface area (TPSA) is 52.3 Å². The number of carbonyl (C=O) groups excluding carboxylic acids is 1. The molecular weight excluding hydrogens is 314 g/mol. The molecule has 3 rings (SSSR count). The zero-order chi connectivity index (χ0) is 17.8. The summed E-state index contributed by atoms with van der Waals surface area (Å²) in [6.07, 6.45) is 0.409. The van der Waals surface area contributed by atoms with Crippen LogP contribution < -0.4 is 4.74 Å². The monoisotopic (exact) mass is 335 g/mol. The van der Waals surface area contributed by atoms with E-state index in [0.29, 0.717) is 24.3 Å². The fourth-order valence-electron chi connectivity index (χ4n) is 2.68. The highest BCUT2D eigenvalue weighted by atomic mass is 16.5. The fraction of sp³-hybridized carbons (Fsp3) is 0.238. The van der Waals surface area contributed by atoms with E-state index in [1.807, 2.05) is 69.3 Å². The van der Waals surface area contributed by atoms with Gasteiger partial charge in [0, 0.05) is 12.0 Å². The molecule has 0 unspecified atom stereocenters. The molecule has 0 saturated carbocycles. The van der Waals surface area contributed by atoms with Gasteiger partial charge in [0.25, 0.3) is 0 Å². The molecule has 0 aliphatic rings. The third-order valence-corrected chi connectivity index (χ3v) is 4.35. The van der Waals surface area contributed by atoms with E-state index in [1.54, 1.807) is 0 Å². The van der Waals surface area contributed by atoms with Crippen molar-refractivity contribution < 1.29 is 14.1 Å². The number of rotatable bonds is 6. The van der Waals surface area contributed by atoms with Crippen molar-refractivity contribution in [3.8, 4) is 5.75 Å². The van der Waals surface area contributed by atoms with Gasteiger partial charge in [-0.25, -0.2) is 0 Å². The summed E-state index contributed by atoms with van der Waals surface area (Å²) in [6, 6.07) is 15.2. The van der Waals surface area contributed by atoms with Crippen LogP contribution >= 0.6 is 0 Å². The standard InChI is InChI=1S/C21H21NO3/c1-14-6-4-5-7-18(14)12-21(23)17-8-10-19(11-9-17)24-13-20-15(2)22-25-16(20)3/h4-11H,12-13H2,1-3H3. The van der Waals surface area contributed by atoms with Crippen molar-refractivity contribution in [3.05, 3.63) is 82.2 Å². The summed E-state index contributed by atoms with van der Waals surface area (Å²) in [4.78, 5) is 12.5. The Bertz CT molecular complexity index is 859. The number of ketones is 1. The Hall–Kier alpha value is -2.88. The molecule has 0 N–H and O–H groups in total. The van der Waals surface area contributed by atoms with Gasteiger partial charge in [-0.05, 0) is 56.2 Å². The number of hydrogen-bond acceptors (Lipinski definition) is 4. The molecule has 2 aromatic carbocycles. The van der Waals surface area contributed by atoms with Crippen LogP contribution in [0.3, 0.4) is 0 Å². The lowest BCUT2D eigenvalue weighted by atomic mass is 9.99. The van der Waals surface area contributed by atoms with E-state index in [1.165, 1.54) is 0 Å². The lowest BCUT2D eigenvalue weighted by Gasteiger charge is -2.08. The summed E-state index contributed by atoms with van der Waals surface area (Å²) in [6.45, 7) is 6.18. The van der Waals surface area contributed by atoms with Gasteiger partial charge in [0.2, 0.25) is 0 Å². The number of aromatic nitrogens is 1. The van der Waals surface area contributed by atoms with E-state index in [9.17, 15) is 4.79 Å². The van der Waals surface area contributed by atoms with Gasteiger partial charge in [-0.1, -0.05) is 29.4 Å². The largest absolute Gasteiger partial charge is 0.489 e. The van der Waals surface area contributed by atoms with Gasteiger partial charge in [-0.2, -0.15) is 0 Å². The Labute approximate surface area is 147 Å². The highest BCUT2D eigenvalue weighted by Gasteiger charge is 2.11. The molecule has 0 spiro atoms. The van der Waals surface area contributed by atoms with Crippen LogP contribution in [-0.4, -0.2) is 10.9 Å². The number of ether oxygens (including phenoxy) is 1. The second-order valence-electron chi connectivity index (χ2n) is 6.14. The van der Waals surface area contributed by atoms with Crippen molar-refractivity contribution >= 4 is 5.78 Å². The highest BCUT2D eigenvalue weighted by molar-refractivity contribution is 5.97. The summed E-state index contributed by atoms with van der Waals surface area (Å²) in [7, 11) is 0. The van der Waals surface area contributed by atoms with Gasteiger partial charge in [-0.15, -0.1) is 0 Å². The summed E-state index contributed by atoms with van der Waals surface area (Å²) in [5.41, 5.74) is 4.68. The van der Waals surface area contributed by atoms with Crippen LogP contribution in [0.1, 0.15) is 38.5 Å². The van der Waals surface area contributed by atoms with Gasteiger partial charge < -0.3 is 9.26 Å². The van der Waals surface area contributed by atoms with Crippen molar-refractivity contribution in [1.82, 2.24) is 5.16 Å². The summed E-state index contributed by atoms with van der Waals surface area (Å²) in [5.74, 6) is 1.58. The average molecular weight is 335 g/mol. The van der Waals surface area contributed by atoms with Crippen LogP contribution in [0.5, 0.6) is 5.75 Å². The van der Waals surface area contributed by atoms with E-state index in [-0.39, 0.29) is 5.78 Å². The van der Waals surface area contributed by atoms with Crippen LogP contribution in [0, 0.1) is 20.8 Å². The molecule has 0 fully saturated rings. The minimum atomic E-state index is 0.103. The zero-order valence-electron chi connectivity index (χ0n) is 14.7. The Morgan fingerprint density at radius 2 is 1.76 bits per heavy atom. The number of hydrogen-bond donors (Lipinski definition) is 0. The average Bonchev–Trinajstić information content (AvgIpc) is 2.93. The molecule has 0 aliphatic heterocycles. The Morgan fingerprint density at radius 1 is 1.04 bits per heavy atom. The lowest BCUT2D eigenvalue weighted by Crippen LogP contribution is -2.05. The second-order valence-corrected chi connectivity index (χ2v) is 6.14. The van der Waals surface area contributed by atoms with Crippen molar-refractivity contribution in [2.75, 3.05) is 0 Å². The molecule has 1 aromatic heterocycles. The molecule has 3 aromatic rings. The van der Waals surface area contributed by atoms with E-state index in [4.69, 9.17) is 9.26 Å². The summed E-state index contributed by atoms with van der Waals surface area (Å²) >= 11 is 0. The third kappa shape index (κ3) is 3.97. The van der Waals surface area contributed by atoms with E-state index in [0.717, 1.165) is 28.1 Å². The Balaban J connectivity index is 1.64. The minimum absolute atomic E-state index is 0.103. The lowest BCUT2D eigenvalue weighted by molar-refractivity contribution is 0.0992. The maximum Gasteiger partial charge on any atom is 0.167 e. The second kappa shape index (κ2) is 7.34. The minimum Gasteiger partial charge on any atom is -0.489 e. The van der Waals surface area contributed by atoms with Crippen molar-refractivity contribution in [3.63, 3.8) is 0 Å². The zero-order valence-corrected chi connectivity index (χ0v) is 14.7. The van der Waals surface area contributed by atoms with E-state index >= 15 is 0 Å². The maximum absolute atomic E-state index is 12.5. The molecule has 0 saturated heterocycles. The molecule has 0 atom stereocenters. The van der Waals surface area contributed by atoms with Gasteiger partial charge in [0.15, 0.2) is 5.78 Å². The van der Waals surface area contributed by atoms with Gasteiger partial charge in [0.05, 0.1) is 11.3 Å². The quantitative estimate of drug-likeness (QED) is 0.618. The first-order valence-corrected chi connectivity index (χ1v) is 8.27. The Kier molecular flexibility index (Phi) is 4.98. The first-order chi connectivity index (χ1) is 12.0. The number of nitrogens with zero attached hydrogens (tertiary/aromatic N) is 1. The number of aryl methyl sites for hydroxylation is 3. The first-order valence-electron chi connectivity index (χ1n) is 8.27. The van der Waals surface area contributed by atoms with Crippen molar-refractivity contribution in [2.45, 2.75) is 33.8 Å². The molecule has 25 heavy (non-hydrogen) atoms. The third-order valence-electron chi connectivity index (χ3n) is 4.35. The fourth-order valence-corrected chi connectivity index (χ4v) is 2.68. The number of benzene rings is 2. The molecule has 0 radical (unpaired) electrons. The Morgan fingerprint density at radius 3 is 2.40 bits per heavy atom. The summed E-state index contributed by atoms with van der Waals surface area (Å²) in [5, 5.41) is 3.91. The molecule has 0 amide bonds. The van der Waals surface area contributed by atoms with Crippen molar-refractivity contribution in [2.24, 2.45) is 0 Å². The van der Waals surface area contributed by atoms with Crippen LogP contribution in [0.15, 0.2) is 53.1 Å². The molecule has 4 heteroatoms. The summed E-state index contributed by atoms with van der Waals surface area (Å²) < 4.78 is 10.9. The molecule has 0 aliphatic carbocycles.